The van der Waals surface area contributed by atoms with E-state index in [1.165, 1.54) is 18.3 Å². The summed E-state index contributed by atoms with van der Waals surface area (Å²) in [4.78, 5) is 24.3. The largest absolute Gasteiger partial charge is 0.451 e. The Morgan fingerprint density at radius 2 is 1.93 bits per heavy atom. The third-order valence-electron chi connectivity index (χ3n) is 4.81. The molecule has 2 aromatic heterocycles. The standard InChI is InChI=1S/C20H16F3N5O2/c21-20(22,23)19-24-10-14-11-27(8-7-18(14)26-19)12-15-4-2-6-17(25-15)13-3-1-5-16(9-13)28(29)30/h1-6,9-10H,7-8,11-12H2. The Balaban J connectivity index is 1.50. The molecule has 0 unspecified atom stereocenters. The Labute approximate surface area is 169 Å². The zero-order valence-corrected chi connectivity index (χ0v) is 15.6. The lowest BCUT2D eigenvalue weighted by Crippen LogP contribution is -2.32. The molecule has 0 atom stereocenters. The Bertz CT molecular complexity index is 1100. The van der Waals surface area contributed by atoms with Crippen LogP contribution in [0.3, 0.4) is 0 Å². The molecule has 1 aliphatic rings. The van der Waals surface area contributed by atoms with Gasteiger partial charge >= 0.3 is 6.18 Å². The number of nitrogens with zero attached hydrogens (tertiary/aromatic N) is 5. The lowest BCUT2D eigenvalue weighted by Gasteiger charge is -2.27. The van der Waals surface area contributed by atoms with Gasteiger partial charge in [0.1, 0.15) is 0 Å². The average molecular weight is 415 g/mol. The Kier molecular flexibility index (Phi) is 5.17. The molecule has 3 heterocycles. The van der Waals surface area contributed by atoms with E-state index in [2.05, 4.69) is 19.9 Å². The van der Waals surface area contributed by atoms with Crippen LogP contribution in [0.2, 0.25) is 0 Å². The molecule has 10 heteroatoms. The number of fused-ring (bicyclic) bond motifs is 1. The fourth-order valence-electron chi connectivity index (χ4n) is 3.38. The number of hydrogen-bond donors (Lipinski definition) is 0. The summed E-state index contributed by atoms with van der Waals surface area (Å²) in [6, 6.07) is 11.7. The topological polar surface area (TPSA) is 85.0 Å². The number of rotatable bonds is 4. The molecule has 0 bridgehead atoms. The third-order valence-corrected chi connectivity index (χ3v) is 4.81. The van der Waals surface area contributed by atoms with Gasteiger partial charge in [-0.2, -0.15) is 13.2 Å². The van der Waals surface area contributed by atoms with Crippen LogP contribution in [0.4, 0.5) is 18.9 Å². The van der Waals surface area contributed by atoms with E-state index >= 15 is 0 Å². The monoisotopic (exact) mass is 415 g/mol. The van der Waals surface area contributed by atoms with Gasteiger partial charge in [-0.15, -0.1) is 0 Å². The predicted octanol–water partition coefficient (Wildman–Crippen LogP) is 4.02. The lowest BCUT2D eigenvalue weighted by molar-refractivity contribution is -0.384. The fourth-order valence-corrected chi connectivity index (χ4v) is 3.38. The summed E-state index contributed by atoms with van der Waals surface area (Å²) < 4.78 is 38.4. The highest BCUT2D eigenvalue weighted by atomic mass is 19.4. The molecule has 0 amide bonds. The van der Waals surface area contributed by atoms with Crippen LogP contribution in [-0.4, -0.2) is 31.3 Å². The number of alkyl halides is 3. The van der Waals surface area contributed by atoms with Gasteiger partial charge < -0.3 is 0 Å². The van der Waals surface area contributed by atoms with Crippen molar-refractivity contribution in [2.45, 2.75) is 25.7 Å². The van der Waals surface area contributed by atoms with Gasteiger partial charge in [0.25, 0.3) is 5.69 Å². The number of halogens is 3. The smallest absolute Gasteiger partial charge is 0.293 e. The summed E-state index contributed by atoms with van der Waals surface area (Å²) in [6.07, 6.45) is -2.92. The van der Waals surface area contributed by atoms with Crippen LogP contribution < -0.4 is 0 Å². The second-order valence-corrected chi connectivity index (χ2v) is 6.95. The van der Waals surface area contributed by atoms with Crippen molar-refractivity contribution in [1.82, 2.24) is 19.9 Å². The molecule has 4 rings (SSSR count). The Morgan fingerprint density at radius 1 is 1.13 bits per heavy atom. The van der Waals surface area contributed by atoms with Crippen LogP contribution in [-0.2, 0) is 25.7 Å². The molecule has 0 radical (unpaired) electrons. The van der Waals surface area contributed by atoms with E-state index < -0.39 is 16.9 Å². The van der Waals surface area contributed by atoms with Crippen LogP contribution in [0.25, 0.3) is 11.3 Å². The van der Waals surface area contributed by atoms with Crippen molar-refractivity contribution in [3.05, 3.63) is 81.6 Å². The molecule has 1 aliphatic heterocycles. The van der Waals surface area contributed by atoms with Crippen LogP contribution in [0.1, 0.15) is 22.8 Å². The van der Waals surface area contributed by atoms with Gasteiger partial charge in [0.15, 0.2) is 0 Å². The third kappa shape index (κ3) is 4.28. The molecule has 3 aromatic rings. The van der Waals surface area contributed by atoms with Gasteiger partial charge in [-0.25, -0.2) is 9.97 Å². The molecule has 30 heavy (non-hydrogen) atoms. The van der Waals surface area contributed by atoms with Crippen molar-refractivity contribution >= 4 is 5.69 Å². The zero-order chi connectivity index (χ0) is 21.3. The highest BCUT2D eigenvalue weighted by Gasteiger charge is 2.35. The van der Waals surface area contributed by atoms with Crippen LogP contribution >= 0.6 is 0 Å². The van der Waals surface area contributed by atoms with E-state index in [9.17, 15) is 23.3 Å². The molecule has 154 valence electrons. The van der Waals surface area contributed by atoms with E-state index in [4.69, 9.17) is 0 Å². The maximum absolute atomic E-state index is 12.8. The molecule has 0 saturated heterocycles. The molecular formula is C20H16F3N5O2. The van der Waals surface area contributed by atoms with Crippen molar-refractivity contribution in [3.8, 4) is 11.3 Å². The van der Waals surface area contributed by atoms with Gasteiger partial charge in [0.05, 0.1) is 22.0 Å². The number of benzene rings is 1. The van der Waals surface area contributed by atoms with Gasteiger partial charge in [-0.05, 0) is 12.1 Å². The van der Waals surface area contributed by atoms with Crippen molar-refractivity contribution in [2.75, 3.05) is 6.54 Å². The minimum absolute atomic E-state index is 0.00873. The molecule has 0 aliphatic carbocycles. The summed E-state index contributed by atoms with van der Waals surface area (Å²) >= 11 is 0. The minimum Gasteiger partial charge on any atom is -0.293 e. The Morgan fingerprint density at radius 3 is 2.70 bits per heavy atom. The van der Waals surface area contributed by atoms with E-state index in [0.717, 1.165) is 5.69 Å². The van der Waals surface area contributed by atoms with Crippen molar-refractivity contribution in [1.29, 1.82) is 0 Å². The summed E-state index contributed by atoms with van der Waals surface area (Å²) in [6.45, 7) is 1.46. The van der Waals surface area contributed by atoms with Crippen molar-refractivity contribution in [3.63, 3.8) is 0 Å². The fraction of sp³-hybridized carbons (Fsp3) is 0.250. The highest BCUT2D eigenvalue weighted by molar-refractivity contribution is 5.62. The maximum Gasteiger partial charge on any atom is 0.451 e. The zero-order valence-electron chi connectivity index (χ0n) is 15.6. The highest BCUT2D eigenvalue weighted by Crippen LogP contribution is 2.28. The first-order valence-electron chi connectivity index (χ1n) is 9.15. The molecule has 7 nitrogen and oxygen atoms in total. The molecular weight excluding hydrogens is 399 g/mol. The van der Waals surface area contributed by atoms with E-state index in [-0.39, 0.29) is 5.69 Å². The lowest BCUT2D eigenvalue weighted by atomic mass is 10.1. The number of non-ortho nitro benzene ring substituents is 1. The number of aromatic nitrogens is 3. The van der Waals surface area contributed by atoms with Gasteiger partial charge in [0, 0.05) is 55.5 Å². The average Bonchev–Trinajstić information content (AvgIpc) is 2.73. The first-order chi connectivity index (χ1) is 14.3. The Hall–Kier alpha value is -3.40. The molecule has 0 saturated carbocycles. The number of pyridine rings is 1. The summed E-state index contributed by atoms with van der Waals surface area (Å²) in [5.41, 5.74) is 3.10. The first kappa shape index (κ1) is 19.9. The van der Waals surface area contributed by atoms with Gasteiger partial charge in [-0.1, -0.05) is 18.2 Å². The number of nitro groups is 1. The van der Waals surface area contributed by atoms with Crippen LogP contribution in [0, 0.1) is 10.1 Å². The van der Waals surface area contributed by atoms with E-state index in [0.29, 0.717) is 48.6 Å². The van der Waals surface area contributed by atoms with Crippen LogP contribution in [0.5, 0.6) is 0 Å². The van der Waals surface area contributed by atoms with E-state index in [1.807, 2.05) is 12.1 Å². The van der Waals surface area contributed by atoms with E-state index in [1.54, 1.807) is 18.2 Å². The summed E-state index contributed by atoms with van der Waals surface area (Å²) in [5, 5.41) is 11.0. The van der Waals surface area contributed by atoms with Crippen molar-refractivity contribution in [2.24, 2.45) is 0 Å². The quantitative estimate of drug-likeness (QED) is 0.473. The van der Waals surface area contributed by atoms with Crippen molar-refractivity contribution < 1.29 is 18.1 Å². The number of nitro benzene ring substituents is 1. The molecule has 0 spiro atoms. The summed E-state index contributed by atoms with van der Waals surface area (Å²) in [7, 11) is 0. The minimum atomic E-state index is -4.55. The summed E-state index contributed by atoms with van der Waals surface area (Å²) in [5.74, 6) is -1.11. The first-order valence-corrected chi connectivity index (χ1v) is 9.15. The maximum atomic E-state index is 12.8. The predicted molar refractivity (Wildman–Crippen MR) is 101 cm³/mol. The molecule has 1 aromatic carbocycles. The number of hydrogen-bond acceptors (Lipinski definition) is 6. The normalized spacial score (nSPS) is 14.4. The SMILES string of the molecule is O=[N+]([O-])c1cccc(-c2cccc(CN3CCc4nc(C(F)(F)F)ncc4C3)n2)c1. The second kappa shape index (κ2) is 7.79. The van der Waals surface area contributed by atoms with Crippen LogP contribution in [0.15, 0.2) is 48.7 Å². The molecule has 0 fully saturated rings. The van der Waals surface area contributed by atoms with Gasteiger partial charge in [0.2, 0.25) is 5.82 Å². The second-order valence-electron chi connectivity index (χ2n) is 6.95. The van der Waals surface area contributed by atoms with Gasteiger partial charge in [-0.3, -0.25) is 20.0 Å². The molecule has 0 N–H and O–H groups in total.